The molecule has 6 heteroatoms. The number of amides is 2. The highest BCUT2D eigenvalue weighted by Crippen LogP contribution is 2.20. The SMILES string of the molecule is Cc1ccc(C(=O)NC(C)(CN)CC(C)C)cc1NC(=O)c1ccco1. The Bertz CT molecular complexity index is 769. The summed E-state index contributed by atoms with van der Waals surface area (Å²) in [6.45, 7) is 8.34. The Morgan fingerprint density at radius 3 is 2.54 bits per heavy atom. The fourth-order valence-corrected chi connectivity index (χ4v) is 2.92. The largest absolute Gasteiger partial charge is 0.459 e. The zero-order valence-corrected chi connectivity index (χ0v) is 15.8. The third-order valence-electron chi connectivity index (χ3n) is 4.22. The van der Waals surface area contributed by atoms with Gasteiger partial charge in [-0.15, -0.1) is 0 Å². The van der Waals surface area contributed by atoms with Crippen molar-refractivity contribution in [1.82, 2.24) is 5.32 Å². The molecule has 0 aliphatic rings. The minimum absolute atomic E-state index is 0.215. The highest BCUT2D eigenvalue weighted by molar-refractivity contribution is 6.04. The lowest BCUT2D eigenvalue weighted by Gasteiger charge is -2.31. The van der Waals surface area contributed by atoms with Crippen molar-refractivity contribution in [3.63, 3.8) is 0 Å². The molecule has 2 aromatic rings. The van der Waals surface area contributed by atoms with Crippen LogP contribution in [-0.2, 0) is 0 Å². The zero-order chi connectivity index (χ0) is 19.3. The number of carbonyl (C=O) groups excluding carboxylic acids is 2. The van der Waals surface area contributed by atoms with Gasteiger partial charge in [0.2, 0.25) is 0 Å². The van der Waals surface area contributed by atoms with Crippen LogP contribution < -0.4 is 16.4 Å². The number of rotatable bonds is 7. The Balaban J connectivity index is 2.17. The normalized spacial score (nSPS) is 13.3. The Labute approximate surface area is 154 Å². The number of nitrogens with one attached hydrogen (secondary N) is 2. The lowest BCUT2D eigenvalue weighted by molar-refractivity contribution is 0.0897. The van der Waals surface area contributed by atoms with Gasteiger partial charge in [-0.3, -0.25) is 9.59 Å². The molecule has 0 spiro atoms. The summed E-state index contributed by atoms with van der Waals surface area (Å²) in [5, 5.41) is 5.80. The lowest BCUT2D eigenvalue weighted by Crippen LogP contribution is -2.52. The Morgan fingerprint density at radius 1 is 1.23 bits per heavy atom. The second kappa shape index (κ2) is 8.19. The van der Waals surface area contributed by atoms with Crippen LogP contribution >= 0.6 is 0 Å². The van der Waals surface area contributed by atoms with Crippen LogP contribution in [0.15, 0.2) is 41.0 Å². The molecule has 0 bridgehead atoms. The van der Waals surface area contributed by atoms with Gasteiger partial charge in [-0.25, -0.2) is 0 Å². The van der Waals surface area contributed by atoms with Gasteiger partial charge in [0.15, 0.2) is 5.76 Å². The molecule has 0 radical (unpaired) electrons. The summed E-state index contributed by atoms with van der Waals surface area (Å²) in [5.41, 5.74) is 7.28. The minimum atomic E-state index is -0.478. The average Bonchev–Trinajstić information content (AvgIpc) is 3.10. The van der Waals surface area contributed by atoms with Crippen LogP contribution in [0.2, 0.25) is 0 Å². The van der Waals surface area contributed by atoms with E-state index in [-0.39, 0.29) is 17.6 Å². The quantitative estimate of drug-likeness (QED) is 0.708. The van der Waals surface area contributed by atoms with Crippen molar-refractivity contribution < 1.29 is 14.0 Å². The standard InChI is InChI=1S/C20H27N3O3/c1-13(2)11-20(4,12-21)23-18(24)15-8-7-14(3)16(10-15)22-19(25)17-6-5-9-26-17/h5-10,13H,11-12,21H2,1-4H3,(H,22,25)(H,23,24). The van der Waals surface area contributed by atoms with Crippen LogP contribution in [0.3, 0.4) is 0 Å². The first-order valence-corrected chi connectivity index (χ1v) is 8.72. The molecule has 1 unspecified atom stereocenters. The number of benzene rings is 1. The topological polar surface area (TPSA) is 97.4 Å². The minimum Gasteiger partial charge on any atom is -0.459 e. The maximum Gasteiger partial charge on any atom is 0.291 e. The predicted octanol–water partition coefficient (Wildman–Crippen LogP) is 3.33. The smallest absolute Gasteiger partial charge is 0.291 e. The molecule has 0 aliphatic heterocycles. The average molecular weight is 357 g/mol. The van der Waals surface area contributed by atoms with E-state index >= 15 is 0 Å². The molecule has 1 atom stereocenters. The van der Waals surface area contributed by atoms with E-state index in [9.17, 15) is 9.59 Å². The van der Waals surface area contributed by atoms with E-state index in [1.54, 1.807) is 30.3 Å². The predicted molar refractivity (Wildman–Crippen MR) is 102 cm³/mol. The zero-order valence-electron chi connectivity index (χ0n) is 15.8. The Morgan fingerprint density at radius 2 is 1.96 bits per heavy atom. The lowest BCUT2D eigenvalue weighted by atomic mass is 9.90. The Hall–Kier alpha value is -2.60. The second-order valence-corrected chi connectivity index (χ2v) is 7.28. The van der Waals surface area contributed by atoms with Crippen molar-refractivity contribution in [3.8, 4) is 0 Å². The maximum atomic E-state index is 12.7. The Kier molecular flexibility index (Phi) is 6.21. The molecule has 1 aromatic heterocycles. The molecule has 140 valence electrons. The summed E-state index contributed by atoms with van der Waals surface area (Å²) in [4.78, 5) is 24.9. The third-order valence-corrected chi connectivity index (χ3v) is 4.22. The van der Waals surface area contributed by atoms with Crippen LogP contribution in [0.4, 0.5) is 5.69 Å². The van der Waals surface area contributed by atoms with E-state index < -0.39 is 5.54 Å². The monoisotopic (exact) mass is 357 g/mol. The fourth-order valence-electron chi connectivity index (χ4n) is 2.92. The number of hydrogen-bond acceptors (Lipinski definition) is 4. The summed E-state index contributed by atoms with van der Waals surface area (Å²) < 4.78 is 5.10. The highest BCUT2D eigenvalue weighted by atomic mass is 16.3. The van der Waals surface area contributed by atoms with E-state index in [1.165, 1.54) is 6.26 Å². The number of furan rings is 1. The van der Waals surface area contributed by atoms with Crippen molar-refractivity contribution >= 4 is 17.5 Å². The van der Waals surface area contributed by atoms with Gasteiger partial charge in [0, 0.05) is 23.3 Å². The van der Waals surface area contributed by atoms with Gasteiger partial charge in [0.1, 0.15) is 0 Å². The van der Waals surface area contributed by atoms with Crippen molar-refractivity contribution in [2.75, 3.05) is 11.9 Å². The molecule has 1 heterocycles. The number of nitrogens with two attached hydrogens (primary N) is 1. The van der Waals surface area contributed by atoms with Gasteiger partial charge in [0.25, 0.3) is 11.8 Å². The summed E-state index contributed by atoms with van der Waals surface area (Å²) >= 11 is 0. The first-order valence-electron chi connectivity index (χ1n) is 8.72. The van der Waals surface area contributed by atoms with Gasteiger partial charge < -0.3 is 20.8 Å². The van der Waals surface area contributed by atoms with E-state index in [0.717, 1.165) is 12.0 Å². The third kappa shape index (κ3) is 4.95. The summed E-state index contributed by atoms with van der Waals surface area (Å²) in [6.07, 6.45) is 2.22. The van der Waals surface area contributed by atoms with E-state index in [1.807, 2.05) is 13.8 Å². The van der Waals surface area contributed by atoms with Crippen molar-refractivity contribution in [1.29, 1.82) is 0 Å². The summed E-state index contributed by atoms with van der Waals surface area (Å²) in [7, 11) is 0. The van der Waals surface area contributed by atoms with Crippen molar-refractivity contribution in [2.45, 2.75) is 39.7 Å². The maximum absolute atomic E-state index is 12.7. The first-order chi connectivity index (χ1) is 12.2. The first kappa shape index (κ1) is 19.7. The van der Waals surface area contributed by atoms with Crippen LogP contribution in [0, 0.1) is 12.8 Å². The molecular formula is C20H27N3O3. The van der Waals surface area contributed by atoms with E-state index in [2.05, 4.69) is 24.5 Å². The summed E-state index contributed by atoms with van der Waals surface area (Å²) in [6, 6.07) is 8.43. The van der Waals surface area contributed by atoms with Crippen LogP contribution in [0.5, 0.6) is 0 Å². The summed E-state index contributed by atoms with van der Waals surface area (Å²) in [5.74, 6) is 0.0475. The van der Waals surface area contributed by atoms with Crippen molar-refractivity contribution in [2.24, 2.45) is 11.7 Å². The number of aryl methyl sites for hydroxylation is 1. The molecule has 4 N–H and O–H groups in total. The van der Waals surface area contributed by atoms with E-state index in [4.69, 9.17) is 10.2 Å². The van der Waals surface area contributed by atoms with Gasteiger partial charge in [0.05, 0.1) is 6.26 Å². The molecule has 0 saturated carbocycles. The number of hydrogen-bond donors (Lipinski definition) is 3. The van der Waals surface area contributed by atoms with Crippen LogP contribution in [-0.4, -0.2) is 23.9 Å². The van der Waals surface area contributed by atoms with Gasteiger partial charge in [-0.2, -0.15) is 0 Å². The highest BCUT2D eigenvalue weighted by Gasteiger charge is 2.26. The molecule has 0 saturated heterocycles. The number of anilines is 1. The molecule has 0 fully saturated rings. The van der Waals surface area contributed by atoms with Crippen molar-refractivity contribution in [3.05, 3.63) is 53.5 Å². The van der Waals surface area contributed by atoms with Gasteiger partial charge >= 0.3 is 0 Å². The molecular weight excluding hydrogens is 330 g/mol. The molecule has 1 aromatic carbocycles. The molecule has 2 rings (SSSR count). The molecule has 6 nitrogen and oxygen atoms in total. The van der Waals surface area contributed by atoms with Gasteiger partial charge in [-0.1, -0.05) is 19.9 Å². The second-order valence-electron chi connectivity index (χ2n) is 7.28. The van der Waals surface area contributed by atoms with Crippen LogP contribution in [0.25, 0.3) is 0 Å². The molecule has 2 amide bonds. The fraction of sp³-hybridized carbons (Fsp3) is 0.400. The van der Waals surface area contributed by atoms with E-state index in [0.29, 0.717) is 23.7 Å². The van der Waals surface area contributed by atoms with Crippen LogP contribution in [0.1, 0.15) is 53.7 Å². The number of carbonyl (C=O) groups is 2. The molecule has 26 heavy (non-hydrogen) atoms. The van der Waals surface area contributed by atoms with Gasteiger partial charge in [-0.05, 0) is 56.0 Å². The molecule has 0 aliphatic carbocycles.